The maximum Gasteiger partial charge on any atom is 0.269 e. The summed E-state index contributed by atoms with van der Waals surface area (Å²) in [4.78, 5) is 11.7. The molecule has 0 aliphatic carbocycles. The van der Waals surface area contributed by atoms with E-state index in [0.717, 1.165) is 4.60 Å². The van der Waals surface area contributed by atoms with Crippen LogP contribution in [0.4, 0.5) is 0 Å². The van der Waals surface area contributed by atoms with Gasteiger partial charge in [0.2, 0.25) is 0 Å². The minimum atomic E-state index is -0.407. The highest BCUT2D eigenvalue weighted by atomic mass is 79.9. The molecule has 16 heavy (non-hydrogen) atoms. The van der Waals surface area contributed by atoms with Gasteiger partial charge >= 0.3 is 0 Å². The number of fused-ring (bicyclic) bond motifs is 1. The second-order valence-electron chi connectivity index (χ2n) is 3.62. The number of halogens is 1. The van der Waals surface area contributed by atoms with Crippen molar-refractivity contribution in [2.24, 2.45) is 0 Å². The fourth-order valence-corrected chi connectivity index (χ4v) is 2.60. The molecule has 0 spiro atoms. The molecular weight excluding hydrogens is 276 g/mol. The van der Waals surface area contributed by atoms with Crippen molar-refractivity contribution in [2.75, 3.05) is 13.7 Å². The molecule has 0 aromatic carbocycles. The van der Waals surface area contributed by atoms with E-state index >= 15 is 0 Å². The number of aromatic nitrogens is 1. The third-order valence-corrected chi connectivity index (χ3v) is 3.38. The Kier molecular flexibility index (Phi) is 3.32. The minimum Gasteiger partial charge on any atom is -0.396 e. The molecule has 0 bridgehead atoms. The van der Waals surface area contributed by atoms with Crippen LogP contribution in [0.15, 0.2) is 16.7 Å². The van der Waals surface area contributed by atoms with Gasteiger partial charge in [0.05, 0.1) is 10.6 Å². The fraction of sp³-hybridized carbons (Fsp3) is 0.500. The van der Waals surface area contributed by atoms with Gasteiger partial charge in [0, 0.05) is 13.7 Å². The normalized spacial score (nSPS) is 24.1. The molecule has 1 aromatic rings. The van der Waals surface area contributed by atoms with E-state index in [1.165, 1.54) is 7.11 Å². The number of ether oxygens (including phenoxy) is 1. The lowest BCUT2D eigenvalue weighted by atomic mass is 10.1. The quantitative estimate of drug-likeness (QED) is 0.868. The van der Waals surface area contributed by atoms with Crippen LogP contribution < -0.4 is 5.32 Å². The number of nitrogens with zero attached hydrogens (tertiary/aromatic N) is 1. The summed E-state index contributed by atoms with van der Waals surface area (Å²) in [6.45, 7) is 0.0461. The first-order chi connectivity index (χ1) is 7.69. The average Bonchev–Trinajstić information content (AvgIpc) is 2.65. The van der Waals surface area contributed by atoms with E-state index in [2.05, 4.69) is 21.2 Å². The molecule has 0 saturated heterocycles. The maximum absolute atomic E-state index is 11.7. The summed E-state index contributed by atoms with van der Waals surface area (Å²) in [6.07, 6.45) is 0.120. The van der Waals surface area contributed by atoms with Crippen LogP contribution in [0.25, 0.3) is 0 Å². The van der Waals surface area contributed by atoms with Crippen LogP contribution in [0, 0.1) is 0 Å². The van der Waals surface area contributed by atoms with Crippen molar-refractivity contribution in [2.45, 2.75) is 18.7 Å². The predicted molar refractivity (Wildman–Crippen MR) is 61.1 cm³/mol. The molecule has 6 heteroatoms. The summed E-state index contributed by atoms with van der Waals surface area (Å²) in [7, 11) is 1.54. The number of carbonyl (C=O) groups is 1. The highest BCUT2D eigenvalue weighted by Crippen LogP contribution is 2.29. The number of methoxy groups -OCH3 is 1. The van der Waals surface area contributed by atoms with Crippen molar-refractivity contribution >= 4 is 21.8 Å². The molecule has 2 N–H and O–H groups in total. The van der Waals surface area contributed by atoms with Crippen LogP contribution in [0.5, 0.6) is 0 Å². The second kappa shape index (κ2) is 4.57. The Morgan fingerprint density at radius 1 is 1.62 bits per heavy atom. The molecule has 0 radical (unpaired) electrons. The zero-order valence-electron chi connectivity index (χ0n) is 8.81. The highest BCUT2D eigenvalue weighted by molar-refractivity contribution is 9.10. The van der Waals surface area contributed by atoms with E-state index in [-0.39, 0.29) is 18.6 Å². The van der Waals surface area contributed by atoms with Crippen LogP contribution in [-0.2, 0) is 4.74 Å². The monoisotopic (exact) mass is 288 g/mol. The number of aliphatic hydroxyl groups is 1. The van der Waals surface area contributed by atoms with Gasteiger partial charge in [-0.25, -0.2) is 0 Å². The maximum atomic E-state index is 11.7. The zero-order valence-corrected chi connectivity index (χ0v) is 10.4. The summed E-state index contributed by atoms with van der Waals surface area (Å²) in [5.74, 6) is -0.160. The summed E-state index contributed by atoms with van der Waals surface area (Å²) >= 11 is 3.39. The van der Waals surface area contributed by atoms with Crippen molar-refractivity contribution in [3.05, 3.63) is 22.4 Å². The summed E-state index contributed by atoms with van der Waals surface area (Å²) in [5.41, 5.74) is 0.582. The van der Waals surface area contributed by atoms with E-state index in [1.54, 1.807) is 6.07 Å². The van der Waals surface area contributed by atoms with Crippen LogP contribution >= 0.6 is 15.9 Å². The first-order valence-electron chi connectivity index (χ1n) is 5.00. The fourth-order valence-electron chi connectivity index (χ4n) is 2.01. The van der Waals surface area contributed by atoms with E-state index in [0.29, 0.717) is 12.1 Å². The molecule has 1 aromatic heterocycles. The van der Waals surface area contributed by atoms with Gasteiger partial charge in [-0.1, -0.05) is 0 Å². The summed E-state index contributed by atoms with van der Waals surface area (Å²) in [6, 6.07) is 3.47. The standard InChI is InChI=1S/C10H13BrN2O3/c1-16-10-7(4-5-14)13-6(9(15)12-10)2-3-8(13)11/h2-3,7,10,14H,4-5H2,1H3,(H,12,15). The first kappa shape index (κ1) is 11.6. The smallest absolute Gasteiger partial charge is 0.269 e. The Balaban J connectivity index is 2.43. The highest BCUT2D eigenvalue weighted by Gasteiger charge is 2.33. The van der Waals surface area contributed by atoms with Gasteiger partial charge in [-0.15, -0.1) is 0 Å². The zero-order chi connectivity index (χ0) is 11.7. The van der Waals surface area contributed by atoms with Gasteiger partial charge in [0.15, 0.2) is 6.23 Å². The van der Waals surface area contributed by atoms with E-state index < -0.39 is 6.23 Å². The Labute approximate surface area is 102 Å². The van der Waals surface area contributed by atoms with Gasteiger partial charge < -0.3 is 19.7 Å². The van der Waals surface area contributed by atoms with Gasteiger partial charge in [0.1, 0.15) is 5.69 Å². The van der Waals surface area contributed by atoms with E-state index in [9.17, 15) is 4.79 Å². The van der Waals surface area contributed by atoms with Crippen LogP contribution in [0.1, 0.15) is 23.0 Å². The van der Waals surface area contributed by atoms with Crippen molar-refractivity contribution < 1.29 is 14.6 Å². The molecule has 0 saturated carbocycles. The number of hydrogen-bond donors (Lipinski definition) is 2. The topological polar surface area (TPSA) is 63.5 Å². The molecule has 88 valence electrons. The Bertz CT molecular complexity index is 405. The van der Waals surface area contributed by atoms with Crippen molar-refractivity contribution in [3.8, 4) is 0 Å². The van der Waals surface area contributed by atoms with Gasteiger partial charge in [-0.05, 0) is 34.5 Å². The van der Waals surface area contributed by atoms with Gasteiger partial charge in [0.25, 0.3) is 5.91 Å². The largest absolute Gasteiger partial charge is 0.396 e. The molecule has 5 nitrogen and oxygen atoms in total. The molecule has 2 heterocycles. The Morgan fingerprint density at radius 2 is 2.38 bits per heavy atom. The molecule has 1 amide bonds. The summed E-state index contributed by atoms with van der Waals surface area (Å²) in [5, 5.41) is 11.8. The van der Waals surface area contributed by atoms with E-state index in [4.69, 9.17) is 9.84 Å². The minimum absolute atomic E-state index is 0.0461. The van der Waals surface area contributed by atoms with Crippen molar-refractivity contribution in [1.82, 2.24) is 9.88 Å². The van der Waals surface area contributed by atoms with Crippen LogP contribution in [0.3, 0.4) is 0 Å². The lowest BCUT2D eigenvalue weighted by molar-refractivity contribution is 0.0101. The third kappa shape index (κ3) is 1.77. The van der Waals surface area contributed by atoms with Crippen molar-refractivity contribution in [3.63, 3.8) is 0 Å². The van der Waals surface area contributed by atoms with Gasteiger partial charge in [-0.3, -0.25) is 4.79 Å². The number of amides is 1. The number of aliphatic hydroxyl groups excluding tert-OH is 1. The number of rotatable bonds is 3. The number of carbonyl (C=O) groups excluding carboxylic acids is 1. The molecule has 2 unspecified atom stereocenters. The number of nitrogens with one attached hydrogen (secondary N) is 1. The molecular formula is C10H13BrN2O3. The predicted octanol–water partition coefficient (Wildman–Crippen LogP) is 0.890. The van der Waals surface area contributed by atoms with E-state index in [1.807, 2.05) is 10.6 Å². The average molecular weight is 289 g/mol. The lowest BCUT2D eigenvalue weighted by Gasteiger charge is -2.33. The second-order valence-corrected chi connectivity index (χ2v) is 4.43. The number of hydrogen-bond acceptors (Lipinski definition) is 3. The molecule has 1 aliphatic heterocycles. The molecule has 1 aliphatic rings. The van der Waals surface area contributed by atoms with Crippen LogP contribution in [-0.4, -0.2) is 35.5 Å². The molecule has 2 atom stereocenters. The SMILES string of the molecule is COC1NC(=O)c2ccc(Br)n2C1CCO. The van der Waals surface area contributed by atoms with Crippen LogP contribution in [0.2, 0.25) is 0 Å². The van der Waals surface area contributed by atoms with Crippen molar-refractivity contribution in [1.29, 1.82) is 0 Å². The first-order valence-corrected chi connectivity index (χ1v) is 5.79. The summed E-state index contributed by atoms with van der Waals surface area (Å²) < 4.78 is 7.89. The Hall–Kier alpha value is -0.850. The molecule has 2 rings (SSSR count). The Morgan fingerprint density at radius 3 is 3.00 bits per heavy atom. The lowest BCUT2D eigenvalue weighted by Crippen LogP contribution is -2.48. The third-order valence-electron chi connectivity index (χ3n) is 2.73. The van der Waals surface area contributed by atoms with Gasteiger partial charge in [-0.2, -0.15) is 0 Å². The molecule has 0 fully saturated rings.